The molecular formula is C18H23F2N3O2. The van der Waals surface area contributed by atoms with E-state index in [9.17, 15) is 18.4 Å². The third-order valence-corrected chi connectivity index (χ3v) is 4.78. The standard InChI is InChI=1S/C18H23F2N3O2/c19-18(20)10-15(21-12-18)17(25)22-14-8-9-23(11-14)16(24)7-6-13-4-2-1-3-5-13/h1-5,14-15,21H,6-12H2,(H,22,25). The fraction of sp³-hybridized carbons (Fsp3) is 0.556. The first kappa shape index (κ1) is 17.8. The van der Waals surface area contributed by atoms with E-state index >= 15 is 0 Å². The summed E-state index contributed by atoms with van der Waals surface area (Å²) >= 11 is 0. The Hall–Kier alpha value is -2.02. The van der Waals surface area contributed by atoms with Crippen molar-refractivity contribution in [2.24, 2.45) is 0 Å². The number of alkyl halides is 2. The average Bonchev–Trinajstić information content (AvgIpc) is 3.20. The molecule has 7 heteroatoms. The second kappa shape index (κ2) is 7.47. The monoisotopic (exact) mass is 351 g/mol. The fourth-order valence-corrected chi connectivity index (χ4v) is 3.36. The number of hydrogen-bond acceptors (Lipinski definition) is 3. The average molecular weight is 351 g/mol. The van der Waals surface area contributed by atoms with Crippen molar-refractivity contribution in [3.63, 3.8) is 0 Å². The summed E-state index contributed by atoms with van der Waals surface area (Å²) in [5.74, 6) is -3.16. The highest BCUT2D eigenvalue weighted by molar-refractivity contribution is 5.83. The Morgan fingerprint density at radius 1 is 1.28 bits per heavy atom. The third-order valence-electron chi connectivity index (χ3n) is 4.78. The van der Waals surface area contributed by atoms with Gasteiger partial charge in [-0.15, -0.1) is 0 Å². The van der Waals surface area contributed by atoms with Crippen LogP contribution in [0.1, 0.15) is 24.8 Å². The predicted molar refractivity (Wildman–Crippen MR) is 89.2 cm³/mol. The number of rotatable bonds is 5. The van der Waals surface area contributed by atoms with Gasteiger partial charge in [-0.1, -0.05) is 30.3 Å². The van der Waals surface area contributed by atoms with Crippen molar-refractivity contribution in [3.05, 3.63) is 35.9 Å². The normalized spacial score (nSPS) is 25.1. The number of likely N-dealkylation sites (tertiary alicyclic amines) is 1. The Bertz CT molecular complexity index is 624. The van der Waals surface area contributed by atoms with Gasteiger partial charge in [-0.25, -0.2) is 8.78 Å². The van der Waals surface area contributed by atoms with E-state index < -0.39 is 30.8 Å². The van der Waals surface area contributed by atoms with E-state index in [1.165, 1.54) is 0 Å². The second-order valence-electron chi connectivity index (χ2n) is 6.81. The van der Waals surface area contributed by atoms with E-state index in [1.807, 2.05) is 30.3 Å². The zero-order valence-electron chi connectivity index (χ0n) is 14.0. The lowest BCUT2D eigenvalue weighted by molar-refractivity contribution is -0.130. The third kappa shape index (κ3) is 4.75. The Morgan fingerprint density at radius 3 is 2.72 bits per heavy atom. The van der Waals surface area contributed by atoms with Crippen LogP contribution in [0, 0.1) is 0 Å². The Labute approximate surface area is 145 Å². The van der Waals surface area contributed by atoms with Gasteiger partial charge in [0.15, 0.2) is 0 Å². The lowest BCUT2D eigenvalue weighted by Gasteiger charge is -2.18. The molecule has 2 fully saturated rings. The molecule has 136 valence electrons. The van der Waals surface area contributed by atoms with Gasteiger partial charge < -0.3 is 10.2 Å². The molecule has 2 aliphatic rings. The van der Waals surface area contributed by atoms with Crippen molar-refractivity contribution in [2.45, 2.75) is 43.7 Å². The van der Waals surface area contributed by atoms with Crippen LogP contribution in [0.5, 0.6) is 0 Å². The van der Waals surface area contributed by atoms with Crippen molar-refractivity contribution in [3.8, 4) is 0 Å². The number of nitrogens with one attached hydrogen (secondary N) is 2. The molecule has 0 aliphatic carbocycles. The molecule has 2 heterocycles. The van der Waals surface area contributed by atoms with E-state index in [1.54, 1.807) is 4.90 Å². The molecule has 0 radical (unpaired) electrons. The number of amides is 2. The van der Waals surface area contributed by atoms with E-state index in [0.717, 1.165) is 5.56 Å². The SMILES string of the molecule is O=C(NC1CCN(C(=O)CCc2ccccc2)C1)C1CC(F)(F)CN1. The van der Waals surface area contributed by atoms with Gasteiger partial charge in [0, 0.05) is 32.0 Å². The topological polar surface area (TPSA) is 61.4 Å². The molecule has 0 spiro atoms. The van der Waals surface area contributed by atoms with Crippen molar-refractivity contribution in [1.82, 2.24) is 15.5 Å². The summed E-state index contributed by atoms with van der Waals surface area (Å²) < 4.78 is 26.3. The van der Waals surface area contributed by atoms with E-state index in [2.05, 4.69) is 10.6 Å². The molecule has 3 rings (SSSR count). The summed E-state index contributed by atoms with van der Waals surface area (Å²) in [5, 5.41) is 5.34. The molecule has 0 aromatic heterocycles. The Kier molecular flexibility index (Phi) is 5.32. The molecular weight excluding hydrogens is 328 g/mol. The largest absolute Gasteiger partial charge is 0.350 e. The molecule has 2 aliphatic heterocycles. The number of nitrogens with zero attached hydrogens (tertiary/aromatic N) is 1. The molecule has 2 N–H and O–H groups in total. The van der Waals surface area contributed by atoms with Gasteiger partial charge in [0.1, 0.15) is 0 Å². The quantitative estimate of drug-likeness (QED) is 0.841. The molecule has 2 amide bonds. The van der Waals surface area contributed by atoms with E-state index in [-0.39, 0.29) is 11.9 Å². The highest BCUT2D eigenvalue weighted by Crippen LogP contribution is 2.25. The van der Waals surface area contributed by atoms with Crippen LogP contribution in [0.3, 0.4) is 0 Å². The second-order valence-corrected chi connectivity index (χ2v) is 6.81. The lowest BCUT2D eigenvalue weighted by Crippen LogP contribution is -2.46. The summed E-state index contributed by atoms with van der Waals surface area (Å²) in [6.07, 6.45) is 1.31. The minimum atomic E-state index is -2.82. The maximum absolute atomic E-state index is 13.2. The van der Waals surface area contributed by atoms with Crippen molar-refractivity contribution < 1.29 is 18.4 Å². The van der Waals surface area contributed by atoms with E-state index in [0.29, 0.717) is 32.4 Å². The highest BCUT2D eigenvalue weighted by Gasteiger charge is 2.43. The molecule has 0 saturated carbocycles. The first-order valence-electron chi connectivity index (χ1n) is 8.66. The number of aryl methyl sites for hydroxylation is 1. The number of hydrogen-bond donors (Lipinski definition) is 2. The van der Waals surface area contributed by atoms with Crippen LogP contribution in [-0.4, -0.2) is 54.4 Å². The van der Waals surface area contributed by atoms with Gasteiger partial charge in [0.05, 0.1) is 12.6 Å². The van der Waals surface area contributed by atoms with Crippen molar-refractivity contribution >= 4 is 11.8 Å². The van der Waals surface area contributed by atoms with Crippen LogP contribution in [0.2, 0.25) is 0 Å². The van der Waals surface area contributed by atoms with Crippen LogP contribution >= 0.6 is 0 Å². The van der Waals surface area contributed by atoms with Crippen LogP contribution in [0.15, 0.2) is 30.3 Å². The Morgan fingerprint density at radius 2 is 2.04 bits per heavy atom. The summed E-state index contributed by atoms with van der Waals surface area (Å²) in [6.45, 7) is 0.579. The smallest absolute Gasteiger partial charge is 0.262 e. The minimum Gasteiger partial charge on any atom is -0.350 e. The summed E-state index contributed by atoms with van der Waals surface area (Å²) in [4.78, 5) is 26.1. The molecule has 25 heavy (non-hydrogen) atoms. The van der Waals surface area contributed by atoms with Gasteiger partial charge in [0.25, 0.3) is 5.92 Å². The highest BCUT2D eigenvalue weighted by atomic mass is 19.3. The van der Waals surface area contributed by atoms with Gasteiger partial charge in [-0.3, -0.25) is 14.9 Å². The molecule has 1 aromatic rings. The van der Waals surface area contributed by atoms with Gasteiger partial charge in [-0.2, -0.15) is 0 Å². The number of benzene rings is 1. The molecule has 0 bridgehead atoms. The Balaban J connectivity index is 1.42. The van der Waals surface area contributed by atoms with Crippen LogP contribution in [0.4, 0.5) is 8.78 Å². The maximum Gasteiger partial charge on any atom is 0.262 e. The zero-order chi connectivity index (χ0) is 17.9. The predicted octanol–water partition coefficient (Wildman–Crippen LogP) is 1.33. The molecule has 5 nitrogen and oxygen atoms in total. The first-order valence-corrected chi connectivity index (χ1v) is 8.66. The van der Waals surface area contributed by atoms with Gasteiger partial charge in [0.2, 0.25) is 11.8 Å². The molecule has 1 aromatic carbocycles. The molecule has 2 atom stereocenters. The number of carbonyl (C=O) groups is 2. The van der Waals surface area contributed by atoms with E-state index in [4.69, 9.17) is 0 Å². The van der Waals surface area contributed by atoms with Crippen molar-refractivity contribution in [1.29, 1.82) is 0 Å². The maximum atomic E-state index is 13.2. The molecule has 2 saturated heterocycles. The minimum absolute atomic E-state index is 0.0612. The first-order chi connectivity index (χ1) is 11.9. The molecule has 2 unspecified atom stereocenters. The number of carbonyl (C=O) groups excluding carboxylic acids is 2. The number of halogens is 2. The van der Waals surface area contributed by atoms with Crippen molar-refractivity contribution in [2.75, 3.05) is 19.6 Å². The fourth-order valence-electron chi connectivity index (χ4n) is 3.36. The van der Waals surface area contributed by atoms with Crippen LogP contribution in [-0.2, 0) is 16.0 Å². The summed E-state index contributed by atoms with van der Waals surface area (Å²) in [7, 11) is 0. The van der Waals surface area contributed by atoms with Crippen LogP contribution < -0.4 is 10.6 Å². The summed E-state index contributed by atoms with van der Waals surface area (Å²) in [5.41, 5.74) is 1.12. The van der Waals surface area contributed by atoms with Crippen LogP contribution in [0.25, 0.3) is 0 Å². The van der Waals surface area contributed by atoms with Gasteiger partial charge in [-0.05, 0) is 18.4 Å². The lowest BCUT2D eigenvalue weighted by atomic mass is 10.1. The van der Waals surface area contributed by atoms with Gasteiger partial charge >= 0.3 is 0 Å². The zero-order valence-corrected chi connectivity index (χ0v) is 14.0. The summed E-state index contributed by atoms with van der Waals surface area (Å²) in [6, 6.07) is 8.80.